The molecule has 0 spiro atoms. The van der Waals surface area contributed by atoms with E-state index in [-0.39, 0.29) is 11.9 Å². The van der Waals surface area contributed by atoms with Crippen LogP contribution in [0.1, 0.15) is 40.8 Å². The zero-order valence-corrected chi connectivity index (χ0v) is 14.9. The number of hydrogen-bond acceptors (Lipinski definition) is 6. The molecule has 3 heterocycles. The van der Waals surface area contributed by atoms with E-state index < -0.39 is 0 Å². The highest BCUT2D eigenvalue weighted by Gasteiger charge is 2.32. The Morgan fingerprint density at radius 2 is 2.12 bits per heavy atom. The zero-order chi connectivity index (χ0) is 18.1. The summed E-state index contributed by atoms with van der Waals surface area (Å²) in [7, 11) is 4.01. The number of likely N-dealkylation sites (tertiary alicyclic amines) is 1. The second-order valence-corrected chi connectivity index (χ2v) is 6.83. The van der Waals surface area contributed by atoms with Crippen LogP contribution in [0.2, 0.25) is 0 Å². The molecule has 0 bridgehead atoms. The molecule has 1 amide bonds. The van der Waals surface area contributed by atoms with Crippen LogP contribution in [-0.2, 0) is 6.54 Å². The van der Waals surface area contributed by atoms with Gasteiger partial charge in [-0.15, -0.1) is 0 Å². The van der Waals surface area contributed by atoms with Gasteiger partial charge in [0.2, 0.25) is 0 Å². The summed E-state index contributed by atoms with van der Waals surface area (Å²) in [5.74, 6) is 0.705. The molecule has 1 aliphatic rings. The lowest BCUT2D eigenvalue weighted by atomic mass is 10.1. The smallest absolute Gasteiger partial charge is 0.254 e. The first-order chi connectivity index (χ1) is 12.6. The molecule has 1 fully saturated rings. The van der Waals surface area contributed by atoms with E-state index in [1.54, 1.807) is 18.3 Å². The summed E-state index contributed by atoms with van der Waals surface area (Å²) >= 11 is 0. The van der Waals surface area contributed by atoms with Crippen LogP contribution < -0.4 is 0 Å². The van der Waals surface area contributed by atoms with E-state index in [0.29, 0.717) is 17.6 Å². The van der Waals surface area contributed by atoms with Crippen LogP contribution in [0, 0.1) is 0 Å². The van der Waals surface area contributed by atoms with Crippen molar-refractivity contribution < 1.29 is 4.79 Å². The number of nitrogens with zero attached hydrogens (tertiary/aromatic N) is 6. The largest absolute Gasteiger partial charge is 0.328 e. The average Bonchev–Trinajstić information content (AvgIpc) is 3.29. The fourth-order valence-corrected chi connectivity index (χ4v) is 3.40. The summed E-state index contributed by atoms with van der Waals surface area (Å²) in [6, 6.07) is 7.22. The van der Waals surface area contributed by atoms with Crippen molar-refractivity contribution in [3.05, 3.63) is 47.5 Å². The number of hydrogen-bond donors (Lipinski definition) is 1. The van der Waals surface area contributed by atoms with Gasteiger partial charge in [0.15, 0.2) is 5.82 Å². The standard InChI is InChI=1S/C18H21N7O/c1-24(2)11-13-7-8-19-17(20-13)16-4-3-9-25(16)18(26)12-5-6-14-15(10-12)22-23-21-14/h5-8,10,16H,3-4,9,11H2,1-2H3,(H,21,22,23)/t16-/m1/s1. The molecule has 134 valence electrons. The fraction of sp³-hybridized carbons (Fsp3) is 0.389. The molecule has 0 unspecified atom stereocenters. The molecular formula is C18H21N7O. The average molecular weight is 351 g/mol. The molecule has 3 aromatic rings. The number of rotatable bonds is 4. The molecule has 1 N–H and O–H groups in total. The van der Waals surface area contributed by atoms with Crippen LogP contribution in [-0.4, -0.2) is 61.7 Å². The number of carbonyl (C=O) groups is 1. The molecule has 1 atom stereocenters. The Bertz CT molecular complexity index is 936. The Balaban J connectivity index is 1.60. The third kappa shape index (κ3) is 3.15. The molecule has 0 aliphatic carbocycles. The van der Waals surface area contributed by atoms with Crippen LogP contribution >= 0.6 is 0 Å². The zero-order valence-electron chi connectivity index (χ0n) is 14.9. The minimum Gasteiger partial charge on any atom is -0.328 e. The Kier molecular flexibility index (Phi) is 4.34. The van der Waals surface area contributed by atoms with Crippen molar-refractivity contribution in [2.24, 2.45) is 0 Å². The van der Waals surface area contributed by atoms with Gasteiger partial charge in [0.05, 0.1) is 11.7 Å². The highest BCUT2D eigenvalue weighted by Crippen LogP contribution is 2.31. The summed E-state index contributed by atoms with van der Waals surface area (Å²) in [4.78, 5) is 26.1. The Morgan fingerprint density at radius 1 is 1.27 bits per heavy atom. The van der Waals surface area contributed by atoms with E-state index in [0.717, 1.165) is 36.4 Å². The van der Waals surface area contributed by atoms with Crippen LogP contribution in [0.3, 0.4) is 0 Å². The lowest BCUT2D eigenvalue weighted by Gasteiger charge is -2.24. The van der Waals surface area contributed by atoms with Gasteiger partial charge in [0.1, 0.15) is 11.0 Å². The Hall–Kier alpha value is -2.87. The van der Waals surface area contributed by atoms with E-state index in [1.165, 1.54) is 0 Å². The van der Waals surface area contributed by atoms with Crippen LogP contribution in [0.5, 0.6) is 0 Å². The summed E-state index contributed by atoms with van der Waals surface area (Å²) in [6.45, 7) is 1.46. The third-order valence-corrected chi connectivity index (χ3v) is 4.59. The highest BCUT2D eigenvalue weighted by molar-refractivity contribution is 5.97. The quantitative estimate of drug-likeness (QED) is 0.770. The topological polar surface area (TPSA) is 90.9 Å². The molecule has 1 aliphatic heterocycles. The highest BCUT2D eigenvalue weighted by atomic mass is 16.2. The maximum atomic E-state index is 13.1. The van der Waals surface area contributed by atoms with Gasteiger partial charge in [0.25, 0.3) is 5.91 Å². The SMILES string of the molecule is CN(C)Cc1ccnc([C@H]2CCCN2C(=O)c2ccc3n[nH]nc3c2)n1. The molecule has 0 saturated carbocycles. The number of H-pyrrole nitrogens is 1. The maximum Gasteiger partial charge on any atom is 0.254 e. The van der Waals surface area contributed by atoms with Crippen molar-refractivity contribution in [1.82, 2.24) is 35.2 Å². The molecular weight excluding hydrogens is 330 g/mol. The molecule has 8 heteroatoms. The summed E-state index contributed by atoms with van der Waals surface area (Å²) < 4.78 is 0. The van der Waals surface area contributed by atoms with E-state index in [2.05, 4.69) is 30.3 Å². The number of aromatic nitrogens is 5. The summed E-state index contributed by atoms with van der Waals surface area (Å²) in [5.41, 5.74) is 3.01. The van der Waals surface area contributed by atoms with Gasteiger partial charge < -0.3 is 9.80 Å². The maximum absolute atomic E-state index is 13.1. The second kappa shape index (κ2) is 6.80. The Labute approximate surface area is 151 Å². The number of aromatic amines is 1. The molecule has 1 saturated heterocycles. The normalized spacial score (nSPS) is 17.3. The molecule has 4 rings (SSSR count). The van der Waals surface area contributed by atoms with E-state index in [1.807, 2.05) is 31.1 Å². The van der Waals surface area contributed by atoms with Gasteiger partial charge >= 0.3 is 0 Å². The molecule has 1 aromatic carbocycles. The number of amides is 1. The lowest BCUT2D eigenvalue weighted by Crippen LogP contribution is -2.31. The van der Waals surface area contributed by atoms with Gasteiger partial charge in [-0.3, -0.25) is 4.79 Å². The first kappa shape index (κ1) is 16.6. The first-order valence-electron chi connectivity index (χ1n) is 8.70. The van der Waals surface area contributed by atoms with Crippen molar-refractivity contribution in [1.29, 1.82) is 0 Å². The monoisotopic (exact) mass is 351 g/mol. The molecule has 8 nitrogen and oxygen atoms in total. The van der Waals surface area contributed by atoms with Crippen LogP contribution in [0.25, 0.3) is 11.0 Å². The predicted octanol–water partition coefficient (Wildman–Crippen LogP) is 1.79. The van der Waals surface area contributed by atoms with E-state index >= 15 is 0 Å². The van der Waals surface area contributed by atoms with Crippen molar-refractivity contribution in [3.8, 4) is 0 Å². The van der Waals surface area contributed by atoms with E-state index in [9.17, 15) is 4.79 Å². The minimum atomic E-state index is -0.0855. The van der Waals surface area contributed by atoms with Crippen LogP contribution in [0.15, 0.2) is 30.5 Å². The molecule has 26 heavy (non-hydrogen) atoms. The van der Waals surface area contributed by atoms with Crippen molar-refractivity contribution >= 4 is 16.9 Å². The van der Waals surface area contributed by atoms with Gasteiger partial charge in [-0.1, -0.05) is 0 Å². The van der Waals surface area contributed by atoms with Crippen molar-refractivity contribution in [3.63, 3.8) is 0 Å². The summed E-state index contributed by atoms with van der Waals surface area (Å²) in [5, 5.41) is 10.7. The number of carbonyl (C=O) groups excluding carboxylic acids is 1. The molecule has 0 radical (unpaired) electrons. The first-order valence-corrected chi connectivity index (χ1v) is 8.70. The van der Waals surface area contributed by atoms with Crippen molar-refractivity contribution in [2.45, 2.75) is 25.4 Å². The Morgan fingerprint density at radius 3 is 2.96 bits per heavy atom. The third-order valence-electron chi connectivity index (χ3n) is 4.59. The number of nitrogens with one attached hydrogen (secondary N) is 1. The molecule has 2 aromatic heterocycles. The lowest BCUT2D eigenvalue weighted by molar-refractivity contribution is 0.0729. The van der Waals surface area contributed by atoms with E-state index in [4.69, 9.17) is 0 Å². The summed E-state index contributed by atoms with van der Waals surface area (Å²) in [6.07, 6.45) is 3.61. The van der Waals surface area contributed by atoms with Gasteiger partial charge in [-0.25, -0.2) is 9.97 Å². The van der Waals surface area contributed by atoms with Gasteiger partial charge in [-0.05, 0) is 51.2 Å². The van der Waals surface area contributed by atoms with Crippen molar-refractivity contribution in [2.75, 3.05) is 20.6 Å². The second-order valence-electron chi connectivity index (χ2n) is 6.83. The van der Waals surface area contributed by atoms with Crippen LogP contribution in [0.4, 0.5) is 0 Å². The predicted molar refractivity (Wildman–Crippen MR) is 96.3 cm³/mol. The number of fused-ring (bicyclic) bond motifs is 1. The van der Waals surface area contributed by atoms with Gasteiger partial charge in [-0.2, -0.15) is 15.4 Å². The van der Waals surface area contributed by atoms with Gasteiger partial charge in [0, 0.05) is 24.8 Å². The minimum absolute atomic E-state index is 0.0148. The fourth-order valence-electron chi connectivity index (χ4n) is 3.40. The number of benzene rings is 1.